The zero-order valence-corrected chi connectivity index (χ0v) is 40.1. The summed E-state index contributed by atoms with van der Waals surface area (Å²) in [7, 11) is 0. The molecule has 6 amide bonds. The molecule has 5 atom stereocenters. The molecule has 69 heavy (non-hydrogen) atoms. The van der Waals surface area contributed by atoms with E-state index in [-0.39, 0.29) is 54.8 Å². The van der Waals surface area contributed by atoms with Crippen molar-refractivity contribution in [1.29, 1.82) is 0 Å². The van der Waals surface area contributed by atoms with Gasteiger partial charge >= 0.3 is 6.03 Å². The molecule has 0 unspecified atom stereocenters. The molecule has 7 N–H and O–H groups in total. The molecule has 16 heteroatoms. The topological polar surface area (TPSA) is 187 Å². The third kappa shape index (κ3) is 17.4. The normalized spacial score (nSPS) is 16.9. The smallest absolute Gasteiger partial charge is 0.315 e. The van der Waals surface area contributed by atoms with E-state index in [1.54, 1.807) is 24.3 Å². The molecular weight excluding hydrogens is 901 g/mol. The van der Waals surface area contributed by atoms with E-state index in [1.165, 1.54) is 6.92 Å². The van der Waals surface area contributed by atoms with Crippen LogP contribution in [0.1, 0.15) is 109 Å². The summed E-state index contributed by atoms with van der Waals surface area (Å²) in [5.41, 5.74) is 3.83. The van der Waals surface area contributed by atoms with Crippen LogP contribution >= 0.6 is 11.8 Å². The summed E-state index contributed by atoms with van der Waals surface area (Å²) < 4.78 is 27.2. The minimum absolute atomic E-state index is 0.0590. The Labute approximate surface area is 407 Å². The van der Waals surface area contributed by atoms with Crippen LogP contribution in [-0.4, -0.2) is 83.7 Å². The highest BCUT2D eigenvalue weighted by molar-refractivity contribution is 8.00. The minimum Gasteiger partial charge on any atom is -0.356 e. The van der Waals surface area contributed by atoms with E-state index in [1.807, 2.05) is 66.4 Å². The Hall–Kier alpha value is -6.13. The first-order chi connectivity index (χ1) is 33.4. The van der Waals surface area contributed by atoms with Crippen molar-refractivity contribution in [3.63, 3.8) is 0 Å². The highest BCUT2D eigenvalue weighted by Crippen LogP contribution is 2.33. The van der Waals surface area contributed by atoms with Crippen molar-refractivity contribution < 1.29 is 37.5 Å². The van der Waals surface area contributed by atoms with Gasteiger partial charge in [-0.05, 0) is 73.5 Å². The van der Waals surface area contributed by atoms with Crippen LogP contribution in [0.3, 0.4) is 0 Å². The van der Waals surface area contributed by atoms with E-state index in [4.69, 9.17) is 0 Å². The molecule has 0 aromatic heterocycles. The number of ketones is 1. The zero-order valence-electron chi connectivity index (χ0n) is 39.3. The van der Waals surface area contributed by atoms with Gasteiger partial charge in [0, 0.05) is 60.7 Å². The Morgan fingerprint density at radius 1 is 0.652 bits per heavy atom. The van der Waals surface area contributed by atoms with Gasteiger partial charge in [0.15, 0.2) is 5.78 Å². The molecule has 2 aliphatic heterocycles. The molecule has 4 aromatic rings. The van der Waals surface area contributed by atoms with Crippen molar-refractivity contribution in [3.8, 4) is 0 Å². The monoisotopic (exact) mass is 965 g/mol. The largest absolute Gasteiger partial charge is 0.356 e. The second-order valence-electron chi connectivity index (χ2n) is 18.0. The number of amides is 6. The first-order valence-electron chi connectivity index (χ1n) is 24.1. The summed E-state index contributed by atoms with van der Waals surface area (Å²) >= 11 is 1.91. The van der Waals surface area contributed by atoms with Gasteiger partial charge in [0.25, 0.3) is 0 Å². The van der Waals surface area contributed by atoms with Gasteiger partial charge in [-0.1, -0.05) is 111 Å². The SMILES string of the molecule is C[C@H](NC(=O)Cc1cc(F)cc(F)c1)C(=O)N[C@@H](Cc1ccccc1)C(=O)NCc1ccc(C(=O)c2ccc(CNCCCCCCCCNC(=O)CCCC[C@@H]3SC[C@@H]4NC(=O)N[C@@H]43)cc2)cc1. The lowest BCUT2D eigenvalue weighted by atomic mass is 10.0. The van der Waals surface area contributed by atoms with Gasteiger partial charge in [0.1, 0.15) is 23.7 Å². The van der Waals surface area contributed by atoms with E-state index in [0.29, 0.717) is 35.4 Å². The predicted molar refractivity (Wildman–Crippen MR) is 264 cm³/mol. The second-order valence-corrected chi connectivity index (χ2v) is 19.2. The first-order valence-corrected chi connectivity index (χ1v) is 25.2. The van der Waals surface area contributed by atoms with E-state index in [9.17, 15) is 37.5 Å². The number of urea groups is 1. The van der Waals surface area contributed by atoms with Crippen LogP contribution in [0, 0.1) is 11.6 Å². The van der Waals surface area contributed by atoms with Crippen LogP contribution in [0.4, 0.5) is 13.6 Å². The fraction of sp³-hybridized carbons (Fsp3) is 0.434. The second kappa shape index (κ2) is 27.2. The van der Waals surface area contributed by atoms with Crippen molar-refractivity contribution in [1.82, 2.24) is 37.2 Å². The number of hydrogen-bond acceptors (Lipinski definition) is 8. The molecular formula is C53H65F2N7O6S. The van der Waals surface area contributed by atoms with Crippen molar-refractivity contribution in [2.45, 2.75) is 126 Å². The Morgan fingerprint density at radius 3 is 1.97 bits per heavy atom. The third-order valence-electron chi connectivity index (χ3n) is 12.4. The average Bonchev–Trinajstić information content (AvgIpc) is 3.89. The van der Waals surface area contributed by atoms with Crippen LogP contribution in [0.5, 0.6) is 0 Å². The number of nitrogens with one attached hydrogen (secondary N) is 7. The van der Waals surface area contributed by atoms with Crippen molar-refractivity contribution in [3.05, 3.63) is 142 Å². The molecule has 368 valence electrons. The van der Waals surface area contributed by atoms with Gasteiger partial charge in [0.05, 0.1) is 18.5 Å². The number of carbonyl (C=O) groups is 6. The van der Waals surface area contributed by atoms with Crippen LogP contribution in [-0.2, 0) is 45.1 Å². The standard InChI is InChI=1S/C53H65F2N7O6S/c1-35(59-48(64)30-39-27-42(54)31-43(55)28-39)51(66)60-44(29-36-13-7-6-8-14-36)52(67)58-33-38-19-23-41(24-20-38)50(65)40-21-17-37(18-22-40)32-56-25-11-4-2-3-5-12-26-57-47(63)16-10-9-15-46-49-45(34-69-46)61-53(68)62-49/h6-8,13-14,17-24,27-28,31,35,44-46,49,56H,2-5,9-12,15-16,25-26,29-30,32-34H2,1H3,(H,57,63)(H,58,67)(H,59,64)(H,60,66)(H2,61,62,68)/t35-,44-,45-,46-,49-/m0/s1. The molecule has 2 saturated heterocycles. The fourth-order valence-electron chi connectivity index (χ4n) is 8.54. The average molecular weight is 966 g/mol. The highest BCUT2D eigenvalue weighted by Gasteiger charge is 2.42. The lowest BCUT2D eigenvalue weighted by Crippen LogP contribution is -2.53. The predicted octanol–water partition coefficient (Wildman–Crippen LogP) is 6.56. The van der Waals surface area contributed by atoms with E-state index >= 15 is 0 Å². The lowest BCUT2D eigenvalue weighted by Gasteiger charge is -2.21. The molecule has 2 aliphatic rings. The van der Waals surface area contributed by atoms with Gasteiger partial charge in [-0.25, -0.2) is 13.6 Å². The van der Waals surface area contributed by atoms with Gasteiger partial charge in [-0.3, -0.25) is 24.0 Å². The maximum atomic E-state index is 13.6. The molecule has 2 fully saturated rings. The van der Waals surface area contributed by atoms with Gasteiger partial charge in [-0.2, -0.15) is 11.8 Å². The van der Waals surface area contributed by atoms with Crippen molar-refractivity contribution >= 4 is 47.2 Å². The van der Waals surface area contributed by atoms with Crippen LogP contribution in [0.2, 0.25) is 0 Å². The molecule has 6 rings (SSSR count). The highest BCUT2D eigenvalue weighted by atomic mass is 32.2. The zero-order chi connectivity index (χ0) is 49.0. The van der Waals surface area contributed by atoms with Crippen LogP contribution in [0.15, 0.2) is 97.1 Å². The number of unbranched alkanes of at least 4 members (excludes halogenated alkanes) is 6. The van der Waals surface area contributed by atoms with Gasteiger partial charge in [-0.15, -0.1) is 0 Å². The quantitative estimate of drug-likeness (QED) is 0.0190. The Kier molecular flexibility index (Phi) is 20.6. The van der Waals surface area contributed by atoms with Crippen molar-refractivity contribution in [2.24, 2.45) is 0 Å². The molecule has 0 radical (unpaired) electrons. The number of carbonyl (C=O) groups excluding carboxylic acids is 6. The summed E-state index contributed by atoms with van der Waals surface area (Å²) in [6.07, 6.45) is 9.91. The lowest BCUT2D eigenvalue weighted by molar-refractivity contribution is -0.131. The summed E-state index contributed by atoms with van der Waals surface area (Å²) in [5, 5.41) is 21.1. The van der Waals surface area contributed by atoms with Crippen molar-refractivity contribution in [2.75, 3.05) is 18.8 Å². The maximum absolute atomic E-state index is 13.6. The molecule has 0 bridgehead atoms. The van der Waals surface area contributed by atoms with Crippen LogP contribution in [0.25, 0.3) is 0 Å². The molecule has 13 nitrogen and oxygen atoms in total. The summed E-state index contributed by atoms with van der Waals surface area (Å²) in [4.78, 5) is 76.4. The summed E-state index contributed by atoms with van der Waals surface area (Å²) in [6, 6.07) is 24.9. The molecule has 0 spiro atoms. The Morgan fingerprint density at radius 2 is 1.29 bits per heavy atom. The van der Waals surface area contributed by atoms with Crippen LogP contribution < -0.4 is 37.2 Å². The number of hydrogen-bond donors (Lipinski definition) is 7. The molecule has 2 heterocycles. The Bertz CT molecular complexity index is 2320. The van der Waals surface area contributed by atoms with E-state index in [0.717, 1.165) is 105 Å². The summed E-state index contributed by atoms with van der Waals surface area (Å²) in [5.74, 6) is -2.32. The van der Waals surface area contributed by atoms with Gasteiger partial charge < -0.3 is 37.2 Å². The fourth-order valence-corrected chi connectivity index (χ4v) is 10.1. The number of halogens is 2. The number of fused-ring (bicyclic) bond motifs is 1. The minimum atomic E-state index is -1.04. The number of rotatable bonds is 28. The summed E-state index contributed by atoms with van der Waals surface area (Å²) in [6.45, 7) is 3.93. The van der Waals surface area contributed by atoms with E-state index < -0.39 is 41.4 Å². The molecule has 4 aromatic carbocycles. The number of thioether (sulfide) groups is 1. The molecule has 0 saturated carbocycles. The first kappa shape index (κ1) is 52.2. The third-order valence-corrected chi connectivity index (χ3v) is 13.9. The Balaban J connectivity index is 0.822. The van der Waals surface area contributed by atoms with E-state index in [2.05, 4.69) is 37.2 Å². The van der Waals surface area contributed by atoms with Gasteiger partial charge in [0.2, 0.25) is 23.6 Å². The number of benzene rings is 4. The molecule has 0 aliphatic carbocycles. The maximum Gasteiger partial charge on any atom is 0.315 e.